The maximum absolute atomic E-state index is 12.1. The lowest BCUT2D eigenvalue weighted by molar-refractivity contribution is 0.289. The van der Waals surface area contributed by atoms with Crippen molar-refractivity contribution in [2.24, 2.45) is 5.92 Å². The Balaban J connectivity index is 2.05. The Bertz CT molecular complexity index is 496. The molecule has 18 heavy (non-hydrogen) atoms. The van der Waals surface area contributed by atoms with Crippen molar-refractivity contribution in [2.75, 3.05) is 17.8 Å². The van der Waals surface area contributed by atoms with Crippen molar-refractivity contribution >= 4 is 32.0 Å². The number of nitrogens with one attached hydrogen (secondary N) is 1. The van der Waals surface area contributed by atoms with E-state index in [9.17, 15) is 8.42 Å². The summed E-state index contributed by atoms with van der Waals surface area (Å²) in [5.41, 5.74) is 0. The first-order valence-electron chi connectivity index (χ1n) is 5.87. The van der Waals surface area contributed by atoms with E-state index < -0.39 is 10.2 Å². The third-order valence-corrected chi connectivity index (χ3v) is 5.02. The number of hydrogen-bond donors (Lipinski definition) is 1. The molecule has 2 rings (SSSR count). The number of aromatic nitrogens is 1. The second-order valence-corrected chi connectivity index (χ2v) is 7.14. The summed E-state index contributed by atoms with van der Waals surface area (Å²) in [6.45, 7) is 3.30. The van der Waals surface area contributed by atoms with Gasteiger partial charge in [-0.15, -0.1) is 0 Å². The molecule has 100 valence electrons. The van der Waals surface area contributed by atoms with Crippen LogP contribution in [0.4, 0.5) is 5.82 Å². The largest absolute Gasteiger partial charge is 0.302 e. The van der Waals surface area contributed by atoms with E-state index in [1.165, 1.54) is 4.31 Å². The average Bonchev–Trinajstić information content (AvgIpc) is 2.32. The molecule has 5 nitrogen and oxygen atoms in total. The zero-order chi connectivity index (χ0) is 13.2. The SMILES string of the molecule is CC1CCN(S(=O)(=O)Nc2ccc(Br)cn2)CC1. The standard InChI is InChI=1S/C11H16BrN3O2S/c1-9-4-6-15(7-5-9)18(16,17)14-11-3-2-10(12)8-13-11/h2-3,8-9H,4-7H2,1H3,(H,13,14). The van der Waals surface area contributed by atoms with Crippen LogP contribution in [0.25, 0.3) is 0 Å². The topological polar surface area (TPSA) is 62.3 Å². The Morgan fingerprint density at radius 2 is 2.06 bits per heavy atom. The number of halogens is 1. The predicted molar refractivity (Wildman–Crippen MR) is 74.5 cm³/mol. The fraction of sp³-hybridized carbons (Fsp3) is 0.545. The van der Waals surface area contributed by atoms with Crippen molar-refractivity contribution in [3.63, 3.8) is 0 Å². The van der Waals surface area contributed by atoms with Crippen LogP contribution < -0.4 is 4.72 Å². The quantitative estimate of drug-likeness (QED) is 0.922. The molecule has 0 aliphatic carbocycles. The molecule has 1 aliphatic heterocycles. The first-order chi connectivity index (χ1) is 8.47. The van der Waals surface area contributed by atoms with Crippen LogP contribution in [0.3, 0.4) is 0 Å². The predicted octanol–water partition coefficient (Wildman–Crippen LogP) is 2.23. The van der Waals surface area contributed by atoms with E-state index in [2.05, 4.69) is 32.6 Å². The minimum atomic E-state index is -3.47. The molecule has 0 aromatic carbocycles. The van der Waals surface area contributed by atoms with Crippen LogP contribution in [0, 0.1) is 5.92 Å². The van der Waals surface area contributed by atoms with Gasteiger partial charge in [-0.25, -0.2) is 4.98 Å². The molecular weight excluding hydrogens is 318 g/mol. The Morgan fingerprint density at radius 3 is 2.61 bits per heavy atom. The number of piperidine rings is 1. The van der Waals surface area contributed by atoms with Gasteiger partial charge in [0, 0.05) is 23.8 Å². The Morgan fingerprint density at radius 1 is 1.39 bits per heavy atom. The fourth-order valence-electron chi connectivity index (χ4n) is 1.86. The second kappa shape index (κ2) is 5.54. The highest BCUT2D eigenvalue weighted by Crippen LogP contribution is 2.20. The van der Waals surface area contributed by atoms with Crippen LogP contribution in [0.15, 0.2) is 22.8 Å². The van der Waals surface area contributed by atoms with Crippen molar-refractivity contribution in [3.8, 4) is 0 Å². The molecule has 0 saturated carbocycles. The molecule has 0 bridgehead atoms. The average molecular weight is 334 g/mol. The Kier molecular flexibility index (Phi) is 4.24. The van der Waals surface area contributed by atoms with E-state index in [0.29, 0.717) is 24.8 Å². The fourth-order valence-corrected chi connectivity index (χ4v) is 3.30. The summed E-state index contributed by atoms with van der Waals surface area (Å²) in [6.07, 6.45) is 3.39. The molecule has 0 radical (unpaired) electrons. The van der Waals surface area contributed by atoms with Gasteiger partial charge in [0.15, 0.2) is 0 Å². The van der Waals surface area contributed by atoms with Gasteiger partial charge in [0.05, 0.1) is 0 Å². The maximum Gasteiger partial charge on any atom is 0.302 e. The lowest BCUT2D eigenvalue weighted by Gasteiger charge is -2.29. The van der Waals surface area contributed by atoms with Crippen LogP contribution in [0.1, 0.15) is 19.8 Å². The highest BCUT2D eigenvalue weighted by atomic mass is 79.9. The normalized spacial score (nSPS) is 18.8. The van der Waals surface area contributed by atoms with Gasteiger partial charge in [0.25, 0.3) is 0 Å². The monoisotopic (exact) mass is 333 g/mol. The molecule has 0 unspecified atom stereocenters. The molecule has 1 N–H and O–H groups in total. The first-order valence-corrected chi connectivity index (χ1v) is 8.10. The van der Waals surface area contributed by atoms with E-state index in [1.807, 2.05) is 0 Å². The van der Waals surface area contributed by atoms with Gasteiger partial charge >= 0.3 is 10.2 Å². The van der Waals surface area contributed by atoms with Gasteiger partial charge in [-0.05, 0) is 46.8 Å². The zero-order valence-electron chi connectivity index (χ0n) is 10.1. The highest BCUT2D eigenvalue weighted by molar-refractivity contribution is 9.10. The lowest BCUT2D eigenvalue weighted by atomic mass is 10.0. The van der Waals surface area contributed by atoms with Gasteiger partial charge in [-0.2, -0.15) is 12.7 Å². The molecular formula is C11H16BrN3O2S. The molecule has 1 saturated heterocycles. The number of hydrogen-bond acceptors (Lipinski definition) is 3. The van der Waals surface area contributed by atoms with E-state index in [-0.39, 0.29) is 0 Å². The van der Waals surface area contributed by atoms with Gasteiger partial charge < -0.3 is 0 Å². The maximum atomic E-state index is 12.1. The lowest BCUT2D eigenvalue weighted by Crippen LogP contribution is -2.41. The summed E-state index contributed by atoms with van der Waals surface area (Å²) < 4.78 is 29.0. The van der Waals surface area contributed by atoms with Crippen molar-refractivity contribution in [1.29, 1.82) is 0 Å². The number of pyridine rings is 1. The highest BCUT2D eigenvalue weighted by Gasteiger charge is 2.26. The summed E-state index contributed by atoms with van der Waals surface area (Å²) in [4.78, 5) is 4.01. The zero-order valence-corrected chi connectivity index (χ0v) is 12.5. The second-order valence-electron chi connectivity index (χ2n) is 4.55. The smallest absolute Gasteiger partial charge is 0.254 e. The number of rotatable bonds is 3. The van der Waals surface area contributed by atoms with Crippen LogP contribution in [-0.2, 0) is 10.2 Å². The Hall–Kier alpha value is -0.660. The van der Waals surface area contributed by atoms with Crippen LogP contribution in [-0.4, -0.2) is 30.8 Å². The summed E-state index contributed by atoms with van der Waals surface area (Å²) in [6, 6.07) is 3.39. The molecule has 1 fully saturated rings. The number of anilines is 1. The molecule has 1 aromatic heterocycles. The summed E-state index contributed by atoms with van der Waals surface area (Å²) in [5.74, 6) is 0.944. The van der Waals surface area contributed by atoms with E-state index in [4.69, 9.17) is 0 Å². The molecule has 1 aliphatic rings. The van der Waals surface area contributed by atoms with Crippen LogP contribution in [0.5, 0.6) is 0 Å². The molecule has 0 amide bonds. The number of nitrogens with zero attached hydrogens (tertiary/aromatic N) is 2. The summed E-state index contributed by atoms with van der Waals surface area (Å²) in [5, 5.41) is 0. The van der Waals surface area contributed by atoms with Gasteiger partial charge in [-0.3, -0.25) is 4.72 Å². The molecule has 2 heterocycles. The minimum absolute atomic E-state index is 0.344. The molecule has 0 atom stereocenters. The van der Waals surface area contributed by atoms with E-state index in [0.717, 1.165) is 17.3 Å². The van der Waals surface area contributed by atoms with Crippen molar-refractivity contribution < 1.29 is 8.42 Å². The van der Waals surface area contributed by atoms with E-state index in [1.54, 1.807) is 18.3 Å². The Labute approximate surface area is 116 Å². The van der Waals surface area contributed by atoms with Crippen LogP contribution >= 0.6 is 15.9 Å². The van der Waals surface area contributed by atoms with Gasteiger partial charge in [0.2, 0.25) is 0 Å². The minimum Gasteiger partial charge on any atom is -0.254 e. The van der Waals surface area contributed by atoms with Crippen molar-refractivity contribution in [1.82, 2.24) is 9.29 Å². The molecule has 0 spiro atoms. The van der Waals surface area contributed by atoms with Crippen molar-refractivity contribution in [3.05, 3.63) is 22.8 Å². The first kappa shape index (κ1) is 13.8. The van der Waals surface area contributed by atoms with Crippen molar-refractivity contribution in [2.45, 2.75) is 19.8 Å². The molecule has 7 heteroatoms. The van der Waals surface area contributed by atoms with Crippen LogP contribution in [0.2, 0.25) is 0 Å². The summed E-state index contributed by atoms with van der Waals surface area (Å²) in [7, 11) is -3.47. The molecule has 1 aromatic rings. The van der Waals surface area contributed by atoms with E-state index >= 15 is 0 Å². The summed E-state index contributed by atoms with van der Waals surface area (Å²) >= 11 is 3.26. The third kappa shape index (κ3) is 3.43. The third-order valence-electron chi connectivity index (χ3n) is 3.04. The van der Waals surface area contributed by atoms with Gasteiger partial charge in [0.1, 0.15) is 5.82 Å². The van der Waals surface area contributed by atoms with Gasteiger partial charge in [-0.1, -0.05) is 6.92 Å².